The summed E-state index contributed by atoms with van der Waals surface area (Å²) in [4.78, 5) is 4.16. The highest BCUT2D eigenvalue weighted by molar-refractivity contribution is 5.94. The molecule has 4 heteroatoms. The second-order valence-electron chi connectivity index (χ2n) is 3.60. The van der Waals surface area contributed by atoms with Crippen LogP contribution in [0.25, 0.3) is 0 Å². The van der Waals surface area contributed by atoms with Crippen molar-refractivity contribution in [1.29, 1.82) is 5.41 Å². The van der Waals surface area contributed by atoms with E-state index >= 15 is 0 Å². The first kappa shape index (κ1) is 8.29. The number of nitrogen functional groups attached to an aromatic ring is 1. The summed E-state index contributed by atoms with van der Waals surface area (Å²) in [7, 11) is 0. The van der Waals surface area contributed by atoms with Gasteiger partial charge in [-0.15, -0.1) is 0 Å². The van der Waals surface area contributed by atoms with Crippen LogP contribution >= 0.6 is 0 Å². The molecular weight excluding hydrogens is 164 g/mol. The van der Waals surface area contributed by atoms with Gasteiger partial charge in [0, 0.05) is 11.7 Å². The summed E-state index contributed by atoms with van der Waals surface area (Å²) < 4.78 is 2.14. The lowest BCUT2D eigenvalue weighted by molar-refractivity contribution is 0.431. The van der Waals surface area contributed by atoms with Gasteiger partial charge in [0.25, 0.3) is 0 Å². The SMILES string of the molecule is CC1CCCc2c(C(=N)N)ncn21. The molecule has 3 N–H and O–H groups in total. The molecule has 1 aliphatic rings. The molecule has 1 aromatic rings. The average Bonchev–Trinajstić information content (AvgIpc) is 2.48. The van der Waals surface area contributed by atoms with E-state index in [0.717, 1.165) is 12.1 Å². The van der Waals surface area contributed by atoms with Crippen molar-refractivity contribution in [3.05, 3.63) is 17.7 Å². The minimum Gasteiger partial charge on any atom is -0.382 e. The molecule has 4 nitrogen and oxygen atoms in total. The molecule has 1 unspecified atom stereocenters. The van der Waals surface area contributed by atoms with Crippen LogP contribution in [0.2, 0.25) is 0 Å². The van der Waals surface area contributed by atoms with Crippen LogP contribution in [0.4, 0.5) is 0 Å². The molecule has 0 aromatic carbocycles. The van der Waals surface area contributed by atoms with Gasteiger partial charge in [-0.25, -0.2) is 4.98 Å². The molecule has 1 aromatic heterocycles. The van der Waals surface area contributed by atoms with Gasteiger partial charge in [0.2, 0.25) is 0 Å². The predicted octanol–water partition coefficient (Wildman–Crippen LogP) is 1.06. The predicted molar refractivity (Wildman–Crippen MR) is 50.9 cm³/mol. The summed E-state index contributed by atoms with van der Waals surface area (Å²) in [5, 5.41) is 7.36. The van der Waals surface area contributed by atoms with Gasteiger partial charge in [0.05, 0.1) is 6.33 Å². The van der Waals surface area contributed by atoms with E-state index in [4.69, 9.17) is 11.1 Å². The number of hydrogen-bond acceptors (Lipinski definition) is 2. The third-order valence-corrected chi connectivity index (χ3v) is 2.66. The van der Waals surface area contributed by atoms with Gasteiger partial charge in [-0.05, 0) is 26.2 Å². The molecule has 2 rings (SSSR count). The van der Waals surface area contributed by atoms with Crippen LogP contribution in [0.15, 0.2) is 6.33 Å². The third-order valence-electron chi connectivity index (χ3n) is 2.66. The standard InChI is InChI=1S/C9H14N4/c1-6-3-2-4-7-8(9(10)11)12-5-13(6)7/h5-6H,2-4H2,1H3,(H3,10,11). The lowest BCUT2D eigenvalue weighted by Gasteiger charge is -2.22. The van der Waals surface area contributed by atoms with E-state index < -0.39 is 0 Å². The first-order valence-electron chi connectivity index (χ1n) is 4.60. The number of fused-ring (bicyclic) bond motifs is 1. The van der Waals surface area contributed by atoms with Crippen molar-refractivity contribution in [2.24, 2.45) is 5.73 Å². The Kier molecular flexibility index (Phi) is 1.83. The highest BCUT2D eigenvalue weighted by atomic mass is 15.1. The summed E-state index contributed by atoms with van der Waals surface area (Å²) in [5.74, 6) is 0.0860. The first-order chi connectivity index (χ1) is 6.20. The second kappa shape index (κ2) is 2.87. The Morgan fingerprint density at radius 1 is 1.77 bits per heavy atom. The smallest absolute Gasteiger partial charge is 0.143 e. The van der Waals surface area contributed by atoms with Gasteiger partial charge >= 0.3 is 0 Å². The van der Waals surface area contributed by atoms with Crippen LogP contribution in [0.5, 0.6) is 0 Å². The Labute approximate surface area is 77.3 Å². The largest absolute Gasteiger partial charge is 0.382 e. The van der Waals surface area contributed by atoms with E-state index in [1.54, 1.807) is 6.33 Å². The van der Waals surface area contributed by atoms with Crippen molar-refractivity contribution in [3.63, 3.8) is 0 Å². The van der Waals surface area contributed by atoms with Crippen LogP contribution in [0.1, 0.15) is 37.2 Å². The Morgan fingerprint density at radius 3 is 3.23 bits per heavy atom. The molecule has 0 bridgehead atoms. The van der Waals surface area contributed by atoms with Gasteiger partial charge in [0.1, 0.15) is 11.5 Å². The number of aromatic nitrogens is 2. The van der Waals surface area contributed by atoms with Crippen LogP contribution in [0.3, 0.4) is 0 Å². The van der Waals surface area contributed by atoms with Gasteiger partial charge in [-0.1, -0.05) is 0 Å². The fourth-order valence-electron chi connectivity index (χ4n) is 1.94. The van der Waals surface area contributed by atoms with E-state index in [2.05, 4.69) is 16.5 Å². The van der Waals surface area contributed by atoms with Crippen molar-refractivity contribution in [3.8, 4) is 0 Å². The van der Waals surface area contributed by atoms with Crippen molar-refractivity contribution in [1.82, 2.24) is 9.55 Å². The summed E-state index contributed by atoms with van der Waals surface area (Å²) in [6.07, 6.45) is 5.17. The van der Waals surface area contributed by atoms with Gasteiger partial charge in [0.15, 0.2) is 0 Å². The van der Waals surface area contributed by atoms with Crippen molar-refractivity contribution >= 4 is 5.84 Å². The van der Waals surface area contributed by atoms with E-state index in [1.165, 1.54) is 12.8 Å². The molecule has 1 atom stereocenters. The van der Waals surface area contributed by atoms with Crippen molar-refractivity contribution in [2.45, 2.75) is 32.2 Å². The highest BCUT2D eigenvalue weighted by Gasteiger charge is 2.20. The maximum Gasteiger partial charge on any atom is 0.143 e. The first-order valence-corrected chi connectivity index (χ1v) is 4.60. The molecule has 0 radical (unpaired) electrons. The molecule has 0 saturated carbocycles. The minimum absolute atomic E-state index is 0.0860. The van der Waals surface area contributed by atoms with Gasteiger partial charge in [-0.2, -0.15) is 0 Å². The lowest BCUT2D eigenvalue weighted by atomic mass is 10.0. The topological polar surface area (TPSA) is 67.7 Å². The minimum atomic E-state index is 0.0860. The molecule has 0 spiro atoms. The van der Waals surface area contributed by atoms with Crippen molar-refractivity contribution < 1.29 is 0 Å². The molecule has 1 aliphatic heterocycles. The molecule has 13 heavy (non-hydrogen) atoms. The molecule has 0 saturated heterocycles. The number of nitrogens with two attached hydrogens (primary N) is 1. The lowest BCUT2D eigenvalue weighted by Crippen LogP contribution is -2.19. The Morgan fingerprint density at radius 2 is 2.54 bits per heavy atom. The zero-order chi connectivity index (χ0) is 9.42. The Bertz CT molecular complexity index is 339. The van der Waals surface area contributed by atoms with Crippen molar-refractivity contribution in [2.75, 3.05) is 0 Å². The van der Waals surface area contributed by atoms with Gasteiger partial charge < -0.3 is 10.3 Å². The fourth-order valence-corrected chi connectivity index (χ4v) is 1.94. The monoisotopic (exact) mass is 178 g/mol. The number of rotatable bonds is 1. The number of nitrogens with one attached hydrogen (secondary N) is 1. The van der Waals surface area contributed by atoms with E-state index in [-0.39, 0.29) is 5.84 Å². The van der Waals surface area contributed by atoms with Crippen LogP contribution in [-0.4, -0.2) is 15.4 Å². The summed E-state index contributed by atoms with van der Waals surface area (Å²) in [5.41, 5.74) is 7.24. The van der Waals surface area contributed by atoms with Gasteiger partial charge in [-0.3, -0.25) is 5.41 Å². The number of hydrogen-bond donors (Lipinski definition) is 2. The number of amidine groups is 1. The van der Waals surface area contributed by atoms with Crippen LogP contribution in [-0.2, 0) is 6.42 Å². The highest BCUT2D eigenvalue weighted by Crippen LogP contribution is 2.25. The zero-order valence-electron chi connectivity index (χ0n) is 7.75. The maximum absolute atomic E-state index is 7.36. The normalized spacial score (nSPS) is 21.2. The zero-order valence-corrected chi connectivity index (χ0v) is 7.75. The summed E-state index contributed by atoms with van der Waals surface area (Å²) in [6, 6.07) is 0.504. The van der Waals surface area contributed by atoms with Crippen LogP contribution in [0, 0.1) is 5.41 Å². The van der Waals surface area contributed by atoms with E-state index in [0.29, 0.717) is 11.7 Å². The Balaban J connectivity index is 2.47. The van der Waals surface area contributed by atoms with E-state index in [1.807, 2.05) is 0 Å². The maximum atomic E-state index is 7.36. The number of imidazole rings is 1. The Hall–Kier alpha value is -1.32. The molecule has 2 heterocycles. The molecular formula is C9H14N4. The third kappa shape index (κ3) is 1.22. The molecule has 0 amide bonds. The fraction of sp³-hybridized carbons (Fsp3) is 0.556. The molecule has 0 aliphatic carbocycles. The van der Waals surface area contributed by atoms with Crippen LogP contribution < -0.4 is 5.73 Å². The molecule has 0 fully saturated rings. The number of nitrogens with zero attached hydrogens (tertiary/aromatic N) is 2. The second-order valence-corrected chi connectivity index (χ2v) is 3.60. The average molecular weight is 178 g/mol. The quantitative estimate of drug-likeness (QED) is 0.499. The summed E-state index contributed by atoms with van der Waals surface area (Å²) in [6.45, 7) is 2.17. The summed E-state index contributed by atoms with van der Waals surface area (Å²) >= 11 is 0. The van der Waals surface area contributed by atoms with E-state index in [9.17, 15) is 0 Å². The molecule has 70 valence electrons.